The van der Waals surface area contributed by atoms with Gasteiger partial charge in [-0.15, -0.1) is 0 Å². The summed E-state index contributed by atoms with van der Waals surface area (Å²) >= 11 is 0. The van der Waals surface area contributed by atoms with Crippen LogP contribution >= 0.6 is 0 Å². The standard InChI is InChI=1S/C19H15F2N3O2/c1-11-2-5-17-14(6-11)19-12(10-26-17)8-22-24(19)9-18(25)23-16-4-3-13(20)7-15(16)21/h2-8H,9-10H2,1H3,(H,23,25). The summed E-state index contributed by atoms with van der Waals surface area (Å²) in [6.07, 6.45) is 1.66. The molecule has 1 aliphatic rings. The lowest BCUT2D eigenvalue weighted by Crippen LogP contribution is -2.21. The van der Waals surface area contributed by atoms with Crippen LogP contribution in [0, 0.1) is 18.6 Å². The maximum Gasteiger partial charge on any atom is 0.246 e. The van der Waals surface area contributed by atoms with Gasteiger partial charge in [-0.05, 0) is 31.2 Å². The molecule has 132 valence electrons. The Labute approximate surface area is 148 Å². The number of carbonyl (C=O) groups excluding carboxylic acids is 1. The number of rotatable bonds is 3. The quantitative estimate of drug-likeness (QED) is 0.780. The highest BCUT2D eigenvalue weighted by atomic mass is 19.1. The van der Waals surface area contributed by atoms with Crippen molar-refractivity contribution in [2.75, 3.05) is 5.32 Å². The van der Waals surface area contributed by atoms with Gasteiger partial charge in [0.2, 0.25) is 5.91 Å². The zero-order chi connectivity index (χ0) is 18.3. The number of aromatic nitrogens is 2. The number of ether oxygens (including phenoxy) is 1. The van der Waals surface area contributed by atoms with E-state index in [1.165, 1.54) is 6.07 Å². The van der Waals surface area contributed by atoms with E-state index in [-0.39, 0.29) is 12.2 Å². The van der Waals surface area contributed by atoms with Crippen LogP contribution < -0.4 is 10.1 Å². The predicted octanol–water partition coefficient (Wildman–Crippen LogP) is 3.67. The largest absolute Gasteiger partial charge is 0.488 e. The second-order valence-corrected chi connectivity index (χ2v) is 6.14. The van der Waals surface area contributed by atoms with Crippen molar-refractivity contribution in [2.24, 2.45) is 0 Å². The molecule has 0 saturated heterocycles. The van der Waals surface area contributed by atoms with E-state index in [1.54, 1.807) is 10.9 Å². The number of benzene rings is 2. The molecule has 0 spiro atoms. The van der Waals surface area contributed by atoms with Gasteiger partial charge in [0, 0.05) is 17.2 Å². The van der Waals surface area contributed by atoms with Crippen LogP contribution in [-0.4, -0.2) is 15.7 Å². The molecule has 0 aliphatic carbocycles. The minimum atomic E-state index is -0.824. The molecule has 4 rings (SSSR count). The minimum absolute atomic E-state index is 0.0722. The van der Waals surface area contributed by atoms with Gasteiger partial charge in [0.25, 0.3) is 0 Å². The summed E-state index contributed by atoms with van der Waals surface area (Å²) in [7, 11) is 0. The topological polar surface area (TPSA) is 56.2 Å². The van der Waals surface area contributed by atoms with E-state index in [4.69, 9.17) is 4.74 Å². The summed E-state index contributed by atoms with van der Waals surface area (Å²) in [5, 5.41) is 6.71. The van der Waals surface area contributed by atoms with Crippen LogP contribution in [0.5, 0.6) is 5.75 Å². The Hall–Kier alpha value is -3.22. The Kier molecular flexibility index (Phi) is 3.91. The van der Waals surface area contributed by atoms with Crippen LogP contribution in [0.1, 0.15) is 11.1 Å². The lowest BCUT2D eigenvalue weighted by molar-refractivity contribution is -0.116. The number of hydrogen-bond donors (Lipinski definition) is 1. The van der Waals surface area contributed by atoms with Crippen molar-refractivity contribution in [3.63, 3.8) is 0 Å². The molecule has 1 N–H and O–H groups in total. The van der Waals surface area contributed by atoms with Crippen LogP contribution in [0.2, 0.25) is 0 Å². The van der Waals surface area contributed by atoms with E-state index >= 15 is 0 Å². The van der Waals surface area contributed by atoms with Gasteiger partial charge in [-0.25, -0.2) is 8.78 Å². The molecule has 2 heterocycles. The van der Waals surface area contributed by atoms with Crippen molar-refractivity contribution in [3.8, 4) is 17.0 Å². The smallest absolute Gasteiger partial charge is 0.246 e. The van der Waals surface area contributed by atoms with E-state index in [2.05, 4.69) is 10.4 Å². The molecule has 0 fully saturated rings. The third-order valence-electron chi connectivity index (χ3n) is 4.19. The molecule has 2 aromatic carbocycles. The molecule has 0 unspecified atom stereocenters. The first-order valence-electron chi connectivity index (χ1n) is 8.04. The molecule has 1 aromatic heterocycles. The van der Waals surface area contributed by atoms with E-state index in [1.807, 2.05) is 25.1 Å². The van der Waals surface area contributed by atoms with Crippen LogP contribution in [0.3, 0.4) is 0 Å². The minimum Gasteiger partial charge on any atom is -0.488 e. The second kappa shape index (κ2) is 6.25. The van der Waals surface area contributed by atoms with E-state index in [0.717, 1.165) is 40.3 Å². The molecular weight excluding hydrogens is 340 g/mol. The monoisotopic (exact) mass is 355 g/mol. The van der Waals surface area contributed by atoms with Crippen LogP contribution in [-0.2, 0) is 17.9 Å². The molecular formula is C19H15F2N3O2. The number of nitrogens with one attached hydrogen (secondary N) is 1. The number of carbonyl (C=O) groups is 1. The molecule has 7 heteroatoms. The number of halogens is 2. The van der Waals surface area contributed by atoms with Gasteiger partial charge in [-0.1, -0.05) is 11.6 Å². The molecule has 3 aromatic rings. The van der Waals surface area contributed by atoms with Crippen molar-refractivity contribution < 1.29 is 18.3 Å². The number of hydrogen-bond acceptors (Lipinski definition) is 3. The lowest BCUT2D eigenvalue weighted by Gasteiger charge is -2.19. The van der Waals surface area contributed by atoms with Gasteiger partial charge in [-0.3, -0.25) is 9.48 Å². The van der Waals surface area contributed by atoms with E-state index in [0.29, 0.717) is 6.61 Å². The van der Waals surface area contributed by atoms with Gasteiger partial charge in [0.05, 0.1) is 17.6 Å². The fourth-order valence-electron chi connectivity index (χ4n) is 2.99. The SMILES string of the molecule is Cc1ccc2c(c1)-c1c(cnn1CC(=O)Nc1ccc(F)cc1F)CO2. The molecule has 0 atom stereocenters. The highest BCUT2D eigenvalue weighted by molar-refractivity contribution is 5.91. The number of aryl methyl sites for hydroxylation is 1. The van der Waals surface area contributed by atoms with Gasteiger partial charge in [0.1, 0.15) is 30.5 Å². The highest BCUT2D eigenvalue weighted by Gasteiger charge is 2.23. The van der Waals surface area contributed by atoms with Crippen LogP contribution in [0.15, 0.2) is 42.6 Å². The lowest BCUT2D eigenvalue weighted by atomic mass is 10.0. The Bertz CT molecular complexity index is 1010. The van der Waals surface area contributed by atoms with E-state index < -0.39 is 17.5 Å². The normalized spacial score (nSPS) is 12.1. The Morgan fingerprint density at radius 1 is 1.27 bits per heavy atom. The molecule has 26 heavy (non-hydrogen) atoms. The molecule has 1 aliphatic heterocycles. The zero-order valence-corrected chi connectivity index (χ0v) is 13.9. The molecule has 0 bridgehead atoms. The first-order chi connectivity index (χ1) is 12.5. The fraction of sp³-hybridized carbons (Fsp3) is 0.158. The van der Waals surface area contributed by atoms with Gasteiger partial charge in [-0.2, -0.15) is 5.10 Å². The molecule has 0 radical (unpaired) electrons. The van der Waals surface area contributed by atoms with Crippen molar-refractivity contribution in [3.05, 3.63) is 65.4 Å². The molecule has 0 saturated carbocycles. The average Bonchev–Trinajstić information content (AvgIpc) is 3.00. The van der Waals surface area contributed by atoms with Crippen molar-refractivity contribution in [1.82, 2.24) is 9.78 Å². The summed E-state index contributed by atoms with van der Waals surface area (Å²) in [4.78, 5) is 12.3. The third kappa shape index (κ3) is 2.92. The van der Waals surface area contributed by atoms with E-state index in [9.17, 15) is 13.6 Å². The Morgan fingerprint density at radius 2 is 2.12 bits per heavy atom. The third-order valence-corrected chi connectivity index (χ3v) is 4.19. The summed E-state index contributed by atoms with van der Waals surface area (Å²) in [5.41, 5.74) is 3.54. The summed E-state index contributed by atoms with van der Waals surface area (Å²) in [5.74, 6) is -1.25. The molecule has 1 amide bonds. The second-order valence-electron chi connectivity index (χ2n) is 6.14. The number of amides is 1. The number of nitrogens with zero attached hydrogens (tertiary/aromatic N) is 2. The van der Waals surface area contributed by atoms with Gasteiger partial charge >= 0.3 is 0 Å². The zero-order valence-electron chi connectivity index (χ0n) is 13.9. The van der Waals surface area contributed by atoms with Crippen LogP contribution in [0.4, 0.5) is 14.5 Å². The van der Waals surface area contributed by atoms with Crippen molar-refractivity contribution in [2.45, 2.75) is 20.1 Å². The molecule has 5 nitrogen and oxygen atoms in total. The van der Waals surface area contributed by atoms with Gasteiger partial charge in [0.15, 0.2) is 0 Å². The maximum atomic E-state index is 13.7. The highest BCUT2D eigenvalue weighted by Crippen LogP contribution is 2.37. The Morgan fingerprint density at radius 3 is 2.92 bits per heavy atom. The maximum absolute atomic E-state index is 13.7. The summed E-state index contributed by atoms with van der Waals surface area (Å²) < 4.78 is 34.0. The Balaban J connectivity index is 1.61. The summed E-state index contributed by atoms with van der Waals surface area (Å²) in [6.45, 7) is 2.25. The average molecular weight is 355 g/mol. The first kappa shape index (κ1) is 16.3. The van der Waals surface area contributed by atoms with Crippen molar-refractivity contribution >= 4 is 11.6 Å². The fourth-order valence-corrected chi connectivity index (χ4v) is 2.99. The first-order valence-corrected chi connectivity index (χ1v) is 8.04. The number of anilines is 1. The van der Waals surface area contributed by atoms with Crippen LogP contribution in [0.25, 0.3) is 11.3 Å². The van der Waals surface area contributed by atoms with Gasteiger partial charge < -0.3 is 10.1 Å². The van der Waals surface area contributed by atoms with Crippen molar-refractivity contribution in [1.29, 1.82) is 0 Å². The predicted molar refractivity (Wildman–Crippen MR) is 91.7 cm³/mol. The number of fused-ring (bicyclic) bond motifs is 3. The summed E-state index contributed by atoms with van der Waals surface area (Å²) in [6, 6.07) is 8.82.